The molecule has 6 nitrogen and oxygen atoms in total. The quantitative estimate of drug-likeness (QED) is 0.534. The number of carbonyl (C=O) groups is 1. The molecule has 7 heteroatoms. The van der Waals surface area contributed by atoms with Crippen LogP contribution in [0.4, 0.5) is 10.1 Å². The van der Waals surface area contributed by atoms with Crippen molar-refractivity contribution in [1.29, 1.82) is 0 Å². The highest BCUT2D eigenvalue weighted by Crippen LogP contribution is 2.14. The SMILES string of the molecule is CC(=O)c1cccc(N=CCc2nnnn2-c2ccc(F)cc2)c1. The lowest BCUT2D eigenvalue weighted by atomic mass is 10.1. The molecule has 0 amide bonds. The highest BCUT2D eigenvalue weighted by Gasteiger charge is 2.07. The van der Waals surface area contributed by atoms with Crippen LogP contribution >= 0.6 is 0 Å². The van der Waals surface area contributed by atoms with E-state index in [1.165, 1.54) is 23.7 Å². The van der Waals surface area contributed by atoms with Crippen LogP contribution in [0, 0.1) is 5.82 Å². The van der Waals surface area contributed by atoms with Crippen molar-refractivity contribution in [2.24, 2.45) is 4.99 Å². The van der Waals surface area contributed by atoms with E-state index in [4.69, 9.17) is 0 Å². The fourth-order valence-corrected chi connectivity index (χ4v) is 2.15. The number of rotatable bonds is 5. The number of carbonyl (C=O) groups excluding carboxylic acids is 1. The van der Waals surface area contributed by atoms with E-state index in [9.17, 15) is 9.18 Å². The van der Waals surface area contributed by atoms with E-state index >= 15 is 0 Å². The first-order chi connectivity index (χ1) is 11.6. The van der Waals surface area contributed by atoms with Gasteiger partial charge in [0.05, 0.1) is 11.4 Å². The van der Waals surface area contributed by atoms with Gasteiger partial charge in [-0.05, 0) is 53.7 Å². The monoisotopic (exact) mass is 323 g/mol. The minimum absolute atomic E-state index is 0.00713. The van der Waals surface area contributed by atoms with Gasteiger partial charge in [0.25, 0.3) is 0 Å². The number of nitrogens with zero attached hydrogens (tertiary/aromatic N) is 5. The molecule has 3 aromatic rings. The first-order valence-electron chi connectivity index (χ1n) is 7.30. The van der Waals surface area contributed by atoms with Gasteiger partial charge >= 0.3 is 0 Å². The Kier molecular flexibility index (Phi) is 4.51. The lowest BCUT2D eigenvalue weighted by Crippen LogP contribution is -2.03. The second kappa shape index (κ2) is 6.91. The normalized spacial score (nSPS) is 11.1. The molecule has 0 spiro atoms. The van der Waals surface area contributed by atoms with E-state index < -0.39 is 0 Å². The molecule has 0 radical (unpaired) electrons. The zero-order valence-electron chi connectivity index (χ0n) is 12.9. The molecule has 0 aliphatic rings. The number of ketones is 1. The average molecular weight is 323 g/mol. The third kappa shape index (κ3) is 3.57. The molecule has 0 aliphatic carbocycles. The number of halogens is 1. The van der Waals surface area contributed by atoms with Crippen LogP contribution in [0.1, 0.15) is 23.1 Å². The standard InChI is InChI=1S/C17H14FN5O/c1-12(24)13-3-2-4-15(11-13)19-10-9-17-20-21-22-23(17)16-7-5-14(18)6-8-16/h2-8,10-11H,9H2,1H3. The molecule has 3 rings (SSSR count). The molecule has 120 valence electrons. The maximum atomic E-state index is 13.0. The maximum Gasteiger partial charge on any atom is 0.162 e. The van der Waals surface area contributed by atoms with E-state index in [0.29, 0.717) is 29.2 Å². The van der Waals surface area contributed by atoms with E-state index in [0.717, 1.165) is 0 Å². The molecular weight excluding hydrogens is 309 g/mol. The zero-order chi connectivity index (χ0) is 16.9. The van der Waals surface area contributed by atoms with Gasteiger partial charge in [-0.15, -0.1) is 5.10 Å². The predicted molar refractivity (Wildman–Crippen MR) is 87.4 cm³/mol. The van der Waals surface area contributed by atoms with Gasteiger partial charge in [0.2, 0.25) is 0 Å². The Labute approximate surface area is 137 Å². The molecule has 1 aromatic heterocycles. The van der Waals surface area contributed by atoms with E-state index in [2.05, 4.69) is 20.5 Å². The van der Waals surface area contributed by atoms with Gasteiger partial charge in [0.15, 0.2) is 11.6 Å². The van der Waals surface area contributed by atoms with E-state index in [-0.39, 0.29) is 11.6 Å². The molecule has 2 aromatic carbocycles. The van der Waals surface area contributed by atoms with Gasteiger partial charge in [-0.1, -0.05) is 12.1 Å². The minimum atomic E-state index is -0.319. The molecule has 0 fully saturated rings. The molecule has 24 heavy (non-hydrogen) atoms. The van der Waals surface area contributed by atoms with Crippen molar-refractivity contribution in [3.8, 4) is 5.69 Å². The lowest BCUT2D eigenvalue weighted by Gasteiger charge is -2.02. The summed E-state index contributed by atoms with van der Waals surface area (Å²) in [5, 5.41) is 11.5. The highest BCUT2D eigenvalue weighted by molar-refractivity contribution is 5.94. The van der Waals surface area contributed by atoms with Gasteiger partial charge in [-0.25, -0.2) is 4.39 Å². The number of benzene rings is 2. The summed E-state index contributed by atoms with van der Waals surface area (Å²) in [6.45, 7) is 1.51. The van der Waals surface area contributed by atoms with Crippen LogP contribution in [-0.4, -0.2) is 32.2 Å². The van der Waals surface area contributed by atoms with Crippen LogP contribution in [0.5, 0.6) is 0 Å². The molecule has 0 aliphatic heterocycles. The number of aliphatic imine (C=N–C) groups is 1. The predicted octanol–water partition coefficient (Wildman–Crippen LogP) is 2.95. The zero-order valence-corrected chi connectivity index (χ0v) is 12.9. The molecule has 1 heterocycles. The van der Waals surface area contributed by atoms with Crippen molar-refractivity contribution in [3.63, 3.8) is 0 Å². The van der Waals surface area contributed by atoms with Crippen molar-refractivity contribution in [3.05, 3.63) is 65.7 Å². The molecular formula is C17H14FN5O. The average Bonchev–Trinajstić information content (AvgIpc) is 3.04. The summed E-state index contributed by atoms with van der Waals surface area (Å²) in [5.74, 6) is 0.251. The van der Waals surface area contributed by atoms with Gasteiger partial charge in [-0.3, -0.25) is 9.79 Å². The highest BCUT2D eigenvalue weighted by atomic mass is 19.1. The number of Topliss-reactive ketones (excluding diaryl/α,β-unsaturated/α-hetero) is 1. The fraction of sp³-hybridized carbons (Fsp3) is 0.118. The molecule has 0 saturated heterocycles. The van der Waals surface area contributed by atoms with Crippen LogP contribution in [0.2, 0.25) is 0 Å². The van der Waals surface area contributed by atoms with Gasteiger partial charge in [0, 0.05) is 18.2 Å². The van der Waals surface area contributed by atoms with Crippen molar-refractivity contribution >= 4 is 17.7 Å². The number of hydrogen-bond donors (Lipinski definition) is 0. The molecule has 0 saturated carbocycles. The fourth-order valence-electron chi connectivity index (χ4n) is 2.15. The third-order valence-electron chi connectivity index (χ3n) is 3.37. The van der Waals surface area contributed by atoms with Gasteiger partial charge < -0.3 is 0 Å². The molecule has 0 N–H and O–H groups in total. The largest absolute Gasteiger partial charge is 0.295 e. The number of aromatic nitrogens is 4. The Morgan fingerprint density at radius 3 is 2.79 bits per heavy atom. The molecule has 0 unspecified atom stereocenters. The number of hydrogen-bond acceptors (Lipinski definition) is 5. The first-order valence-corrected chi connectivity index (χ1v) is 7.30. The minimum Gasteiger partial charge on any atom is -0.295 e. The lowest BCUT2D eigenvalue weighted by molar-refractivity contribution is 0.101. The number of tetrazole rings is 1. The summed E-state index contributed by atoms with van der Waals surface area (Å²) in [6.07, 6.45) is 2.07. The summed E-state index contributed by atoms with van der Waals surface area (Å²) in [5.41, 5.74) is 1.97. The van der Waals surface area contributed by atoms with Crippen molar-refractivity contribution < 1.29 is 9.18 Å². The van der Waals surface area contributed by atoms with Gasteiger partial charge in [-0.2, -0.15) is 4.68 Å². The summed E-state index contributed by atoms with van der Waals surface area (Å²) in [7, 11) is 0. The van der Waals surface area contributed by atoms with Crippen LogP contribution in [-0.2, 0) is 6.42 Å². The van der Waals surface area contributed by atoms with Crippen LogP contribution < -0.4 is 0 Å². The first kappa shape index (κ1) is 15.7. The Morgan fingerprint density at radius 1 is 1.25 bits per heavy atom. The van der Waals surface area contributed by atoms with Crippen molar-refractivity contribution in [1.82, 2.24) is 20.2 Å². The topological polar surface area (TPSA) is 73.0 Å². The maximum absolute atomic E-state index is 13.0. The molecule has 0 bridgehead atoms. The Balaban J connectivity index is 1.76. The Hall–Kier alpha value is -3.22. The van der Waals surface area contributed by atoms with Crippen molar-refractivity contribution in [2.45, 2.75) is 13.3 Å². The van der Waals surface area contributed by atoms with Crippen LogP contribution in [0.3, 0.4) is 0 Å². The van der Waals surface area contributed by atoms with Gasteiger partial charge in [0.1, 0.15) is 5.82 Å². The smallest absolute Gasteiger partial charge is 0.162 e. The third-order valence-corrected chi connectivity index (χ3v) is 3.37. The molecule has 0 atom stereocenters. The summed E-state index contributed by atoms with van der Waals surface area (Å²) in [6, 6.07) is 13.0. The Morgan fingerprint density at radius 2 is 2.04 bits per heavy atom. The van der Waals surface area contributed by atoms with E-state index in [1.807, 2.05) is 6.07 Å². The summed E-state index contributed by atoms with van der Waals surface area (Å²) >= 11 is 0. The van der Waals surface area contributed by atoms with Crippen LogP contribution in [0.15, 0.2) is 53.5 Å². The summed E-state index contributed by atoms with van der Waals surface area (Å²) < 4.78 is 14.5. The second-order valence-corrected chi connectivity index (χ2v) is 5.11. The van der Waals surface area contributed by atoms with Crippen molar-refractivity contribution in [2.75, 3.05) is 0 Å². The van der Waals surface area contributed by atoms with Crippen LogP contribution in [0.25, 0.3) is 5.69 Å². The summed E-state index contributed by atoms with van der Waals surface area (Å²) in [4.78, 5) is 15.7. The van der Waals surface area contributed by atoms with E-state index in [1.54, 1.807) is 36.5 Å². The Bertz CT molecular complexity index is 886. The second-order valence-electron chi connectivity index (χ2n) is 5.11.